The maximum atomic E-state index is 12.3. The van der Waals surface area contributed by atoms with E-state index in [9.17, 15) is 9.59 Å². The zero-order chi connectivity index (χ0) is 18.9. The van der Waals surface area contributed by atoms with Gasteiger partial charge in [-0.2, -0.15) is 4.98 Å². The molecule has 2 rings (SSSR count). The van der Waals surface area contributed by atoms with Gasteiger partial charge in [0.15, 0.2) is 5.82 Å². The van der Waals surface area contributed by atoms with Crippen LogP contribution in [0.4, 0.5) is 4.79 Å². The highest BCUT2D eigenvalue weighted by molar-refractivity contribution is 5.78. The van der Waals surface area contributed by atoms with Gasteiger partial charge in [-0.15, -0.1) is 0 Å². The first-order chi connectivity index (χ1) is 12.5. The minimum Gasteiger partial charge on any atom is -0.356 e. The Hall–Kier alpha value is -2.12. The van der Waals surface area contributed by atoms with Gasteiger partial charge in [0.25, 0.3) is 0 Å². The molecular weight excluding hydrogens is 334 g/mol. The van der Waals surface area contributed by atoms with Gasteiger partial charge in [0.2, 0.25) is 11.8 Å². The molecule has 1 fully saturated rings. The van der Waals surface area contributed by atoms with Crippen molar-refractivity contribution in [1.29, 1.82) is 0 Å². The van der Waals surface area contributed by atoms with Gasteiger partial charge in [0.05, 0.1) is 0 Å². The van der Waals surface area contributed by atoms with Crippen LogP contribution in [0.15, 0.2) is 4.52 Å². The lowest BCUT2D eigenvalue weighted by atomic mass is 9.99. The molecule has 1 saturated heterocycles. The minimum atomic E-state index is -0.102. The Morgan fingerprint density at radius 3 is 2.88 bits per heavy atom. The molecule has 146 valence electrons. The van der Waals surface area contributed by atoms with E-state index >= 15 is 0 Å². The normalized spacial score (nSPS) is 19.8. The highest BCUT2D eigenvalue weighted by Gasteiger charge is 2.22. The molecule has 8 heteroatoms. The van der Waals surface area contributed by atoms with Crippen LogP contribution in [0, 0.1) is 0 Å². The van der Waals surface area contributed by atoms with Gasteiger partial charge < -0.3 is 20.1 Å². The minimum absolute atomic E-state index is 0.0349. The van der Waals surface area contributed by atoms with Crippen molar-refractivity contribution >= 4 is 11.9 Å². The standard InChI is InChI=1S/C18H31N5O3/c1-4-9-20-18(25)23-11-5-6-14(7-10-19-15(24)8-12-23)17-21-16(13(2)3)22-26-17/h13-14H,4-12H2,1-3H3,(H,19,24)(H,20,25). The Morgan fingerprint density at radius 1 is 1.38 bits per heavy atom. The van der Waals surface area contributed by atoms with Crippen LogP contribution in [-0.2, 0) is 4.79 Å². The van der Waals surface area contributed by atoms with Crippen LogP contribution in [0.2, 0.25) is 0 Å². The third kappa shape index (κ3) is 6.00. The number of aromatic nitrogens is 2. The topological polar surface area (TPSA) is 100 Å². The zero-order valence-corrected chi connectivity index (χ0v) is 16.1. The maximum absolute atomic E-state index is 12.3. The molecule has 1 unspecified atom stereocenters. The second-order valence-electron chi connectivity index (χ2n) is 7.09. The number of nitrogens with one attached hydrogen (secondary N) is 2. The number of carbonyl (C=O) groups is 2. The Kier molecular flexibility index (Phi) is 7.87. The average molecular weight is 365 g/mol. The van der Waals surface area contributed by atoms with E-state index in [0.29, 0.717) is 44.3 Å². The second kappa shape index (κ2) is 10.1. The average Bonchev–Trinajstić information content (AvgIpc) is 3.09. The Balaban J connectivity index is 2.03. The van der Waals surface area contributed by atoms with Crippen LogP contribution in [0.1, 0.15) is 76.4 Å². The largest absolute Gasteiger partial charge is 0.356 e. The van der Waals surface area contributed by atoms with E-state index in [0.717, 1.165) is 25.7 Å². The Labute approximate surface area is 155 Å². The molecule has 1 aromatic heterocycles. The fraction of sp³-hybridized carbons (Fsp3) is 0.778. The molecule has 1 aliphatic rings. The smallest absolute Gasteiger partial charge is 0.317 e. The molecule has 3 amide bonds. The lowest BCUT2D eigenvalue weighted by molar-refractivity contribution is -0.121. The van der Waals surface area contributed by atoms with Gasteiger partial charge >= 0.3 is 6.03 Å². The first kappa shape index (κ1) is 20.2. The maximum Gasteiger partial charge on any atom is 0.317 e. The molecule has 0 radical (unpaired) electrons. The van der Waals surface area contributed by atoms with Crippen molar-refractivity contribution in [2.45, 2.75) is 64.7 Å². The van der Waals surface area contributed by atoms with Gasteiger partial charge in [0, 0.05) is 44.4 Å². The van der Waals surface area contributed by atoms with Gasteiger partial charge in [-0.1, -0.05) is 25.9 Å². The van der Waals surface area contributed by atoms with Crippen LogP contribution in [-0.4, -0.2) is 53.2 Å². The van der Waals surface area contributed by atoms with E-state index in [2.05, 4.69) is 20.8 Å². The molecule has 0 saturated carbocycles. The van der Waals surface area contributed by atoms with Crippen molar-refractivity contribution in [1.82, 2.24) is 25.7 Å². The lowest BCUT2D eigenvalue weighted by Gasteiger charge is -2.23. The molecule has 8 nitrogen and oxygen atoms in total. The number of rotatable bonds is 4. The molecule has 1 aliphatic heterocycles. The second-order valence-corrected chi connectivity index (χ2v) is 7.09. The van der Waals surface area contributed by atoms with Crippen molar-refractivity contribution in [3.8, 4) is 0 Å². The molecule has 0 aromatic carbocycles. The molecular formula is C18H31N5O3. The van der Waals surface area contributed by atoms with E-state index in [4.69, 9.17) is 4.52 Å². The molecule has 0 spiro atoms. The highest BCUT2D eigenvalue weighted by Crippen LogP contribution is 2.25. The Morgan fingerprint density at radius 2 is 2.19 bits per heavy atom. The summed E-state index contributed by atoms with van der Waals surface area (Å²) in [5, 5.41) is 9.86. The summed E-state index contributed by atoms with van der Waals surface area (Å²) < 4.78 is 5.45. The van der Waals surface area contributed by atoms with E-state index < -0.39 is 0 Å². The predicted molar refractivity (Wildman–Crippen MR) is 97.9 cm³/mol. The summed E-state index contributed by atoms with van der Waals surface area (Å²) in [6.07, 6.45) is 3.64. The van der Waals surface area contributed by atoms with Crippen LogP contribution in [0.5, 0.6) is 0 Å². The van der Waals surface area contributed by atoms with Gasteiger partial charge in [-0.25, -0.2) is 4.79 Å². The van der Waals surface area contributed by atoms with Gasteiger partial charge in [-0.3, -0.25) is 4.79 Å². The van der Waals surface area contributed by atoms with Crippen LogP contribution < -0.4 is 10.6 Å². The molecule has 26 heavy (non-hydrogen) atoms. The molecule has 2 N–H and O–H groups in total. The number of amides is 3. The number of urea groups is 1. The van der Waals surface area contributed by atoms with Crippen molar-refractivity contribution in [2.24, 2.45) is 0 Å². The lowest BCUT2D eigenvalue weighted by Crippen LogP contribution is -2.42. The summed E-state index contributed by atoms with van der Waals surface area (Å²) in [6.45, 7) is 8.34. The van der Waals surface area contributed by atoms with Crippen LogP contribution in [0.3, 0.4) is 0 Å². The summed E-state index contributed by atoms with van der Waals surface area (Å²) in [5.41, 5.74) is 0. The SMILES string of the molecule is CCCNC(=O)N1CCCC(c2nc(C(C)C)no2)CCNC(=O)CC1. The quantitative estimate of drug-likeness (QED) is 0.853. The van der Waals surface area contributed by atoms with E-state index in [-0.39, 0.29) is 23.8 Å². The van der Waals surface area contributed by atoms with Crippen LogP contribution >= 0.6 is 0 Å². The molecule has 1 atom stereocenters. The fourth-order valence-corrected chi connectivity index (χ4v) is 2.94. The van der Waals surface area contributed by atoms with Crippen molar-refractivity contribution < 1.29 is 14.1 Å². The number of hydrogen-bond donors (Lipinski definition) is 2. The molecule has 1 aromatic rings. The van der Waals surface area contributed by atoms with Crippen LogP contribution in [0.25, 0.3) is 0 Å². The number of hydrogen-bond acceptors (Lipinski definition) is 5. The van der Waals surface area contributed by atoms with E-state index in [1.165, 1.54) is 0 Å². The fourth-order valence-electron chi connectivity index (χ4n) is 2.94. The van der Waals surface area contributed by atoms with Crippen molar-refractivity contribution in [2.75, 3.05) is 26.2 Å². The Bertz CT molecular complexity index is 587. The summed E-state index contributed by atoms with van der Waals surface area (Å²) in [5.74, 6) is 1.61. The predicted octanol–water partition coefficient (Wildman–Crippen LogP) is 2.39. The molecule has 0 aliphatic carbocycles. The molecule has 2 heterocycles. The summed E-state index contributed by atoms with van der Waals surface area (Å²) in [4.78, 5) is 30.5. The third-order valence-corrected chi connectivity index (χ3v) is 4.54. The summed E-state index contributed by atoms with van der Waals surface area (Å²) >= 11 is 0. The van der Waals surface area contributed by atoms with Gasteiger partial charge in [0.1, 0.15) is 0 Å². The third-order valence-electron chi connectivity index (χ3n) is 4.54. The van der Waals surface area contributed by atoms with Crippen molar-refractivity contribution in [3.63, 3.8) is 0 Å². The number of carbonyl (C=O) groups excluding carboxylic acids is 2. The van der Waals surface area contributed by atoms with Gasteiger partial charge in [-0.05, 0) is 25.7 Å². The number of nitrogens with zero attached hydrogens (tertiary/aromatic N) is 3. The zero-order valence-electron chi connectivity index (χ0n) is 16.1. The summed E-state index contributed by atoms with van der Waals surface area (Å²) in [7, 11) is 0. The van der Waals surface area contributed by atoms with E-state index in [1.807, 2.05) is 20.8 Å². The van der Waals surface area contributed by atoms with Crippen molar-refractivity contribution in [3.05, 3.63) is 11.7 Å². The monoisotopic (exact) mass is 365 g/mol. The first-order valence-corrected chi connectivity index (χ1v) is 9.64. The first-order valence-electron chi connectivity index (χ1n) is 9.64. The molecule has 0 bridgehead atoms. The summed E-state index contributed by atoms with van der Waals surface area (Å²) in [6, 6.07) is -0.102. The van der Waals surface area contributed by atoms with E-state index in [1.54, 1.807) is 4.90 Å². The highest BCUT2D eigenvalue weighted by atomic mass is 16.5.